The van der Waals surface area contributed by atoms with Gasteiger partial charge < -0.3 is 11.1 Å². The maximum Gasteiger partial charge on any atom is 0.227 e. The van der Waals surface area contributed by atoms with Crippen molar-refractivity contribution in [2.24, 2.45) is 5.73 Å². The van der Waals surface area contributed by atoms with Crippen LogP contribution in [0.2, 0.25) is 0 Å². The molecule has 0 aromatic carbocycles. The standard InChI is InChI=1S/C10H18N4O.ClH/c1-7(2)14-9(4-5-12-14)13-10(15)6-8(3)11;/h4-5,7-8H,6,11H2,1-3H3,(H,13,15);1H. The molecule has 0 spiro atoms. The van der Waals surface area contributed by atoms with Gasteiger partial charge >= 0.3 is 0 Å². The summed E-state index contributed by atoms with van der Waals surface area (Å²) >= 11 is 0. The zero-order valence-electron chi connectivity index (χ0n) is 9.80. The number of nitrogens with zero attached hydrogens (tertiary/aromatic N) is 2. The monoisotopic (exact) mass is 246 g/mol. The summed E-state index contributed by atoms with van der Waals surface area (Å²) in [6, 6.07) is 1.88. The minimum atomic E-state index is -0.125. The van der Waals surface area contributed by atoms with Crippen molar-refractivity contribution in [2.75, 3.05) is 5.32 Å². The molecule has 0 aliphatic carbocycles. The Balaban J connectivity index is 0.00000225. The van der Waals surface area contributed by atoms with Crippen molar-refractivity contribution in [3.63, 3.8) is 0 Å². The van der Waals surface area contributed by atoms with Gasteiger partial charge in [-0.05, 0) is 20.8 Å². The molecular weight excluding hydrogens is 228 g/mol. The maximum atomic E-state index is 11.5. The van der Waals surface area contributed by atoms with Crippen LogP contribution in [0.1, 0.15) is 33.2 Å². The van der Waals surface area contributed by atoms with Crippen molar-refractivity contribution in [1.82, 2.24) is 9.78 Å². The molecule has 92 valence electrons. The van der Waals surface area contributed by atoms with Crippen LogP contribution in [0, 0.1) is 0 Å². The Bertz CT molecular complexity index is 335. The van der Waals surface area contributed by atoms with Gasteiger partial charge in [0.2, 0.25) is 5.91 Å². The van der Waals surface area contributed by atoms with Crippen LogP contribution in [-0.4, -0.2) is 21.7 Å². The van der Waals surface area contributed by atoms with E-state index in [4.69, 9.17) is 5.73 Å². The van der Waals surface area contributed by atoms with Crippen LogP contribution in [0.15, 0.2) is 12.3 Å². The van der Waals surface area contributed by atoms with E-state index in [2.05, 4.69) is 10.4 Å². The minimum Gasteiger partial charge on any atom is -0.327 e. The smallest absolute Gasteiger partial charge is 0.227 e. The van der Waals surface area contributed by atoms with E-state index in [1.807, 2.05) is 13.8 Å². The van der Waals surface area contributed by atoms with E-state index in [0.717, 1.165) is 5.82 Å². The lowest BCUT2D eigenvalue weighted by Gasteiger charge is -2.12. The van der Waals surface area contributed by atoms with E-state index >= 15 is 0 Å². The first-order valence-corrected chi connectivity index (χ1v) is 5.09. The zero-order valence-corrected chi connectivity index (χ0v) is 10.6. The van der Waals surface area contributed by atoms with Crippen molar-refractivity contribution in [3.8, 4) is 0 Å². The molecule has 1 amide bonds. The molecule has 1 atom stereocenters. The van der Waals surface area contributed by atoms with Gasteiger partial charge in [-0.2, -0.15) is 5.10 Å². The number of rotatable bonds is 4. The van der Waals surface area contributed by atoms with E-state index in [1.54, 1.807) is 23.9 Å². The van der Waals surface area contributed by atoms with Gasteiger partial charge in [-0.1, -0.05) is 0 Å². The molecule has 0 aliphatic heterocycles. The maximum absolute atomic E-state index is 11.5. The van der Waals surface area contributed by atoms with Crippen molar-refractivity contribution in [3.05, 3.63) is 12.3 Å². The van der Waals surface area contributed by atoms with Crippen LogP contribution in [0.3, 0.4) is 0 Å². The van der Waals surface area contributed by atoms with Gasteiger partial charge in [0.15, 0.2) is 0 Å². The lowest BCUT2D eigenvalue weighted by Crippen LogP contribution is -2.25. The van der Waals surface area contributed by atoms with Crippen LogP contribution in [0.25, 0.3) is 0 Å². The number of halogens is 1. The summed E-state index contributed by atoms with van der Waals surface area (Å²) in [6.07, 6.45) is 1.99. The predicted molar refractivity (Wildman–Crippen MR) is 66.8 cm³/mol. The van der Waals surface area contributed by atoms with Crippen molar-refractivity contribution >= 4 is 24.1 Å². The number of amides is 1. The lowest BCUT2D eigenvalue weighted by molar-refractivity contribution is -0.116. The Morgan fingerprint density at radius 1 is 1.56 bits per heavy atom. The van der Waals surface area contributed by atoms with Gasteiger partial charge in [0.1, 0.15) is 5.82 Å². The highest BCUT2D eigenvalue weighted by Crippen LogP contribution is 2.13. The molecule has 6 heteroatoms. The Kier molecular flexibility index (Phi) is 6.06. The quantitative estimate of drug-likeness (QED) is 0.847. The summed E-state index contributed by atoms with van der Waals surface area (Å²) in [5, 5.41) is 6.90. The number of nitrogens with one attached hydrogen (secondary N) is 1. The summed E-state index contributed by atoms with van der Waals surface area (Å²) in [4.78, 5) is 11.5. The number of aromatic nitrogens is 2. The first-order chi connectivity index (χ1) is 7.00. The van der Waals surface area contributed by atoms with Crippen molar-refractivity contribution in [2.45, 2.75) is 39.3 Å². The highest BCUT2D eigenvalue weighted by atomic mass is 35.5. The Labute approximate surface area is 102 Å². The van der Waals surface area contributed by atoms with E-state index in [1.165, 1.54) is 0 Å². The first-order valence-electron chi connectivity index (χ1n) is 5.09. The highest BCUT2D eigenvalue weighted by molar-refractivity contribution is 5.90. The van der Waals surface area contributed by atoms with E-state index in [9.17, 15) is 4.79 Å². The Hall–Kier alpha value is -1.07. The molecule has 0 radical (unpaired) electrons. The topological polar surface area (TPSA) is 72.9 Å². The zero-order chi connectivity index (χ0) is 11.4. The summed E-state index contributed by atoms with van der Waals surface area (Å²) in [5.41, 5.74) is 5.54. The average molecular weight is 247 g/mol. The molecule has 5 nitrogen and oxygen atoms in total. The van der Waals surface area contributed by atoms with Crippen LogP contribution in [0.4, 0.5) is 5.82 Å². The number of hydrogen-bond acceptors (Lipinski definition) is 3. The van der Waals surface area contributed by atoms with Gasteiger partial charge in [0.25, 0.3) is 0 Å². The molecule has 0 saturated carbocycles. The highest BCUT2D eigenvalue weighted by Gasteiger charge is 2.10. The molecule has 3 N–H and O–H groups in total. The second kappa shape index (κ2) is 6.50. The van der Waals surface area contributed by atoms with Crippen LogP contribution in [0.5, 0.6) is 0 Å². The molecule has 0 bridgehead atoms. The first kappa shape index (κ1) is 14.9. The molecule has 1 aromatic heterocycles. The largest absolute Gasteiger partial charge is 0.327 e. The molecule has 16 heavy (non-hydrogen) atoms. The third-order valence-corrected chi connectivity index (χ3v) is 1.93. The molecular formula is C10H19ClN4O. The van der Waals surface area contributed by atoms with Gasteiger partial charge in [-0.3, -0.25) is 4.79 Å². The molecule has 0 aliphatic rings. The Morgan fingerprint density at radius 3 is 2.69 bits per heavy atom. The summed E-state index contributed by atoms with van der Waals surface area (Å²) < 4.78 is 1.76. The Morgan fingerprint density at radius 2 is 2.19 bits per heavy atom. The van der Waals surface area contributed by atoms with E-state index < -0.39 is 0 Å². The van der Waals surface area contributed by atoms with Gasteiger partial charge in [-0.15, -0.1) is 12.4 Å². The third kappa shape index (κ3) is 4.20. The molecule has 1 aromatic rings. The normalized spacial score (nSPS) is 12.1. The number of carbonyl (C=O) groups is 1. The molecule has 1 unspecified atom stereocenters. The molecule has 1 rings (SSSR count). The van der Waals surface area contributed by atoms with Gasteiger partial charge in [0, 0.05) is 24.6 Å². The second-order valence-corrected chi connectivity index (χ2v) is 3.98. The fourth-order valence-electron chi connectivity index (χ4n) is 1.31. The number of nitrogens with two attached hydrogens (primary N) is 1. The third-order valence-electron chi connectivity index (χ3n) is 1.93. The SMILES string of the molecule is CC(N)CC(=O)Nc1ccnn1C(C)C.Cl. The van der Waals surface area contributed by atoms with Crippen molar-refractivity contribution < 1.29 is 4.79 Å². The van der Waals surface area contributed by atoms with Gasteiger partial charge in [0.05, 0.1) is 6.20 Å². The lowest BCUT2D eigenvalue weighted by atomic mass is 10.2. The molecule has 1 heterocycles. The number of anilines is 1. The van der Waals surface area contributed by atoms with Crippen LogP contribution in [-0.2, 0) is 4.79 Å². The van der Waals surface area contributed by atoms with E-state index in [0.29, 0.717) is 6.42 Å². The average Bonchev–Trinajstić information content (AvgIpc) is 2.50. The summed E-state index contributed by atoms with van der Waals surface area (Å²) in [5.74, 6) is 0.642. The van der Waals surface area contributed by atoms with Crippen LogP contribution < -0.4 is 11.1 Å². The summed E-state index contributed by atoms with van der Waals surface area (Å²) in [6.45, 7) is 5.82. The van der Waals surface area contributed by atoms with Crippen LogP contribution >= 0.6 is 12.4 Å². The fourth-order valence-corrected chi connectivity index (χ4v) is 1.31. The fraction of sp³-hybridized carbons (Fsp3) is 0.600. The summed E-state index contributed by atoms with van der Waals surface area (Å²) in [7, 11) is 0. The molecule has 0 fully saturated rings. The number of carbonyl (C=O) groups excluding carboxylic acids is 1. The predicted octanol–water partition coefficient (Wildman–Crippen LogP) is 1.56. The second-order valence-electron chi connectivity index (χ2n) is 3.98. The van der Waals surface area contributed by atoms with E-state index in [-0.39, 0.29) is 30.4 Å². The van der Waals surface area contributed by atoms with Crippen molar-refractivity contribution in [1.29, 1.82) is 0 Å². The van der Waals surface area contributed by atoms with Gasteiger partial charge in [-0.25, -0.2) is 4.68 Å². The number of hydrogen-bond donors (Lipinski definition) is 2. The minimum absolute atomic E-state index is 0. The molecule has 0 saturated heterocycles.